The van der Waals surface area contributed by atoms with Gasteiger partial charge in [0, 0.05) is 19.6 Å². The third kappa shape index (κ3) is 3.32. The van der Waals surface area contributed by atoms with Crippen molar-refractivity contribution in [1.82, 2.24) is 4.31 Å². The average Bonchev–Trinajstić information content (AvgIpc) is 2.38. The van der Waals surface area contributed by atoms with Crippen molar-refractivity contribution in [2.75, 3.05) is 13.1 Å². The molecule has 0 fully saturated rings. The van der Waals surface area contributed by atoms with E-state index < -0.39 is 10.0 Å². The fourth-order valence-electron chi connectivity index (χ4n) is 1.86. The molecule has 1 aromatic carbocycles. The Labute approximate surface area is 115 Å². The first-order chi connectivity index (χ1) is 8.98. The maximum absolute atomic E-state index is 12.6. The van der Waals surface area contributed by atoms with Crippen LogP contribution < -0.4 is 5.73 Å². The van der Waals surface area contributed by atoms with Crippen molar-refractivity contribution < 1.29 is 8.42 Å². The second kappa shape index (κ2) is 6.65. The third-order valence-electron chi connectivity index (χ3n) is 2.90. The maximum Gasteiger partial charge on any atom is 0.243 e. The Kier molecular flexibility index (Phi) is 5.47. The van der Waals surface area contributed by atoms with Gasteiger partial charge in [0.15, 0.2) is 0 Å². The number of hydrogen-bond acceptors (Lipinski definition) is 3. The summed E-state index contributed by atoms with van der Waals surface area (Å²) in [6.07, 6.45) is 3.12. The van der Waals surface area contributed by atoms with E-state index in [2.05, 4.69) is 13.2 Å². The van der Waals surface area contributed by atoms with Gasteiger partial charge >= 0.3 is 0 Å². The SMILES string of the molecule is C=CCN(CC=C)S(=O)(=O)c1cccc(CN)c1C. The van der Waals surface area contributed by atoms with Crippen LogP contribution in [-0.4, -0.2) is 25.8 Å². The van der Waals surface area contributed by atoms with E-state index in [0.717, 1.165) is 5.56 Å². The monoisotopic (exact) mass is 280 g/mol. The second-order valence-corrected chi connectivity index (χ2v) is 6.05. The summed E-state index contributed by atoms with van der Waals surface area (Å²) < 4.78 is 26.5. The van der Waals surface area contributed by atoms with Gasteiger partial charge < -0.3 is 5.73 Å². The smallest absolute Gasteiger partial charge is 0.243 e. The van der Waals surface area contributed by atoms with Crippen molar-refractivity contribution in [1.29, 1.82) is 0 Å². The standard InChI is InChI=1S/C14H20N2O2S/c1-4-9-16(10-5-2)19(17,18)14-8-6-7-13(11-15)12(14)3/h4-8H,1-2,9-11,15H2,3H3. The van der Waals surface area contributed by atoms with Gasteiger partial charge in [-0.05, 0) is 24.1 Å². The molecule has 0 aromatic heterocycles. The summed E-state index contributed by atoms with van der Waals surface area (Å²) in [4.78, 5) is 0.291. The van der Waals surface area contributed by atoms with Crippen molar-refractivity contribution >= 4 is 10.0 Å². The number of benzene rings is 1. The lowest BCUT2D eigenvalue weighted by atomic mass is 10.1. The molecule has 0 unspecified atom stereocenters. The van der Waals surface area contributed by atoms with Gasteiger partial charge in [0.05, 0.1) is 4.90 Å². The van der Waals surface area contributed by atoms with Crippen LogP contribution in [0.25, 0.3) is 0 Å². The van der Waals surface area contributed by atoms with Crippen LogP contribution in [0.1, 0.15) is 11.1 Å². The van der Waals surface area contributed by atoms with Crippen molar-refractivity contribution in [2.24, 2.45) is 5.73 Å². The lowest BCUT2D eigenvalue weighted by Crippen LogP contribution is -2.32. The van der Waals surface area contributed by atoms with Gasteiger partial charge in [-0.25, -0.2) is 8.42 Å². The molecule has 0 saturated heterocycles. The highest BCUT2D eigenvalue weighted by molar-refractivity contribution is 7.89. The zero-order valence-electron chi connectivity index (χ0n) is 11.2. The zero-order valence-corrected chi connectivity index (χ0v) is 12.0. The fourth-order valence-corrected chi connectivity index (χ4v) is 3.51. The predicted molar refractivity (Wildman–Crippen MR) is 78.2 cm³/mol. The topological polar surface area (TPSA) is 63.4 Å². The van der Waals surface area contributed by atoms with Crippen LogP contribution in [0, 0.1) is 6.92 Å². The summed E-state index contributed by atoms with van der Waals surface area (Å²) in [5.74, 6) is 0. The second-order valence-electron chi connectivity index (χ2n) is 4.14. The summed E-state index contributed by atoms with van der Waals surface area (Å²) in [6, 6.07) is 5.14. The molecular formula is C14H20N2O2S. The summed E-state index contributed by atoms with van der Waals surface area (Å²) >= 11 is 0. The van der Waals surface area contributed by atoms with Crippen molar-refractivity contribution in [3.8, 4) is 0 Å². The maximum atomic E-state index is 12.6. The van der Waals surface area contributed by atoms with Crippen molar-refractivity contribution in [3.05, 3.63) is 54.6 Å². The molecule has 0 aliphatic carbocycles. The van der Waals surface area contributed by atoms with E-state index in [1.807, 2.05) is 6.07 Å². The van der Waals surface area contributed by atoms with Crippen LogP contribution in [0.3, 0.4) is 0 Å². The average molecular weight is 280 g/mol. The molecule has 0 radical (unpaired) electrons. The lowest BCUT2D eigenvalue weighted by Gasteiger charge is -2.21. The Bertz CT molecular complexity index is 555. The van der Waals surface area contributed by atoms with E-state index in [0.29, 0.717) is 17.0 Å². The third-order valence-corrected chi connectivity index (χ3v) is 4.88. The number of rotatable bonds is 7. The number of hydrogen-bond donors (Lipinski definition) is 1. The molecule has 1 rings (SSSR count). The van der Waals surface area contributed by atoms with Gasteiger partial charge in [-0.3, -0.25) is 0 Å². The van der Waals surface area contributed by atoms with Crippen LogP contribution in [0.15, 0.2) is 48.4 Å². The molecule has 5 heteroatoms. The Hall–Kier alpha value is -1.43. The molecule has 2 N–H and O–H groups in total. The Morgan fingerprint density at radius 3 is 2.32 bits per heavy atom. The van der Waals surface area contributed by atoms with E-state index in [4.69, 9.17) is 5.73 Å². The molecular weight excluding hydrogens is 260 g/mol. The Balaban J connectivity index is 3.32. The van der Waals surface area contributed by atoms with E-state index in [-0.39, 0.29) is 13.1 Å². The van der Waals surface area contributed by atoms with E-state index in [1.165, 1.54) is 4.31 Å². The highest BCUT2D eigenvalue weighted by Gasteiger charge is 2.24. The number of nitrogens with zero attached hydrogens (tertiary/aromatic N) is 1. The fraction of sp³-hybridized carbons (Fsp3) is 0.286. The summed E-state index contributed by atoms with van der Waals surface area (Å²) in [5, 5.41) is 0. The van der Waals surface area contributed by atoms with Crippen molar-refractivity contribution in [2.45, 2.75) is 18.4 Å². The normalized spacial score (nSPS) is 11.5. The zero-order chi connectivity index (χ0) is 14.5. The van der Waals surface area contributed by atoms with E-state index in [1.54, 1.807) is 31.2 Å². The molecule has 0 aliphatic heterocycles. The van der Waals surface area contributed by atoms with Gasteiger partial charge in [0.1, 0.15) is 0 Å². The van der Waals surface area contributed by atoms with Crippen LogP contribution in [0.5, 0.6) is 0 Å². The van der Waals surface area contributed by atoms with Crippen LogP contribution in [0.4, 0.5) is 0 Å². The highest BCUT2D eigenvalue weighted by atomic mass is 32.2. The molecule has 104 valence electrons. The van der Waals surface area contributed by atoms with E-state index >= 15 is 0 Å². The predicted octanol–water partition coefficient (Wildman–Crippen LogP) is 1.82. The van der Waals surface area contributed by atoms with Gasteiger partial charge in [-0.2, -0.15) is 4.31 Å². The Morgan fingerprint density at radius 2 is 1.84 bits per heavy atom. The van der Waals surface area contributed by atoms with Crippen LogP contribution in [-0.2, 0) is 16.6 Å². The molecule has 0 atom stereocenters. The minimum Gasteiger partial charge on any atom is -0.326 e. The molecule has 0 saturated carbocycles. The highest BCUT2D eigenvalue weighted by Crippen LogP contribution is 2.22. The molecule has 0 heterocycles. The summed E-state index contributed by atoms with van der Waals surface area (Å²) in [5.41, 5.74) is 7.14. The lowest BCUT2D eigenvalue weighted by molar-refractivity contribution is 0.473. The first-order valence-corrected chi connectivity index (χ1v) is 7.43. The first-order valence-electron chi connectivity index (χ1n) is 5.99. The molecule has 0 bridgehead atoms. The van der Waals surface area contributed by atoms with Crippen molar-refractivity contribution in [3.63, 3.8) is 0 Å². The largest absolute Gasteiger partial charge is 0.326 e. The quantitative estimate of drug-likeness (QED) is 0.775. The first kappa shape index (κ1) is 15.6. The van der Waals surface area contributed by atoms with Gasteiger partial charge in [0.2, 0.25) is 10.0 Å². The molecule has 4 nitrogen and oxygen atoms in total. The number of sulfonamides is 1. The van der Waals surface area contributed by atoms with Crippen LogP contribution in [0.2, 0.25) is 0 Å². The van der Waals surface area contributed by atoms with Gasteiger partial charge in [0.25, 0.3) is 0 Å². The minimum absolute atomic E-state index is 0.251. The molecule has 0 amide bonds. The summed E-state index contributed by atoms with van der Waals surface area (Å²) in [7, 11) is -3.55. The number of nitrogens with two attached hydrogens (primary N) is 1. The van der Waals surface area contributed by atoms with Crippen LogP contribution >= 0.6 is 0 Å². The van der Waals surface area contributed by atoms with Gasteiger partial charge in [-0.15, -0.1) is 13.2 Å². The Morgan fingerprint density at radius 1 is 1.26 bits per heavy atom. The van der Waals surface area contributed by atoms with Gasteiger partial charge in [-0.1, -0.05) is 24.3 Å². The minimum atomic E-state index is -3.55. The molecule has 0 spiro atoms. The molecule has 1 aromatic rings. The molecule has 19 heavy (non-hydrogen) atoms. The summed E-state index contributed by atoms with van der Waals surface area (Å²) in [6.45, 7) is 9.76. The van der Waals surface area contributed by atoms with E-state index in [9.17, 15) is 8.42 Å². The molecule has 0 aliphatic rings.